The number of Topliss-reactive ketones (excluding diaryl/α,β-unsaturated/α-hetero) is 1. The van der Waals surface area contributed by atoms with Gasteiger partial charge < -0.3 is 5.32 Å². The number of nitrogens with zero attached hydrogens (tertiary/aromatic N) is 1. The quantitative estimate of drug-likeness (QED) is 0.612. The number of benzene rings is 2. The van der Waals surface area contributed by atoms with E-state index in [1.54, 1.807) is 12.1 Å². The molecule has 0 unspecified atom stereocenters. The monoisotopic (exact) mass is 419 g/mol. The second-order valence-electron chi connectivity index (χ2n) is 8.82. The summed E-state index contributed by atoms with van der Waals surface area (Å²) < 4.78 is 1.54. The first-order valence-corrected chi connectivity index (χ1v) is 10.4. The van der Waals surface area contributed by atoms with Gasteiger partial charge in [0.1, 0.15) is 5.82 Å². The Morgan fingerprint density at radius 2 is 1.70 bits per heavy atom. The summed E-state index contributed by atoms with van der Waals surface area (Å²) in [6, 6.07) is 16.9. The molecule has 3 aromatic rings. The predicted molar refractivity (Wildman–Crippen MR) is 118 cm³/mol. The summed E-state index contributed by atoms with van der Waals surface area (Å²) >= 11 is 6.11. The molecule has 2 N–H and O–H groups in total. The highest BCUT2D eigenvalue weighted by Crippen LogP contribution is 2.47. The molecule has 0 amide bonds. The van der Waals surface area contributed by atoms with E-state index in [0.717, 1.165) is 23.4 Å². The molecule has 0 radical (unpaired) electrons. The van der Waals surface area contributed by atoms with E-state index in [4.69, 9.17) is 11.6 Å². The molecule has 2 aliphatic rings. The van der Waals surface area contributed by atoms with Gasteiger partial charge in [0.2, 0.25) is 0 Å². The fourth-order valence-electron chi connectivity index (χ4n) is 4.64. The number of hydrogen-bond donors (Lipinski definition) is 2. The Labute approximate surface area is 179 Å². The number of nitrogens with one attached hydrogen (secondary N) is 2. The van der Waals surface area contributed by atoms with E-state index in [1.165, 1.54) is 4.68 Å². The van der Waals surface area contributed by atoms with Crippen LogP contribution in [0, 0.1) is 5.41 Å². The predicted octanol–water partition coefficient (Wildman–Crippen LogP) is 5.02. The summed E-state index contributed by atoms with van der Waals surface area (Å²) in [7, 11) is 0. The van der Waals surface area contributed by atoms with Gasteiger partial charge in [-0.15, -0.1) is 0 Å². The highest BCUT2D eigenvalue weighted by Gasteiger charge is 2.42. The molecule has 152 valence electrons. The van der Waals surface area contributed by atoms with Crippen LogP contribution in [0.25, 0.3) is 5.69 Å². The topological polar surface area (TPSA) is 66.9 Å². The van der Waals surface area contributed by atoms with Crippen molar-refractivity contribution in [3.05, 3.63) is 92.4 Å². The zero-order chi connectivity index (χ0) is 21.0. The maximum atomic E-state index is 13.5. The van der Waals surface area contributed by atoms with Gasteiger partial charge in [-0.25, -0.2) is 4.68 Å². The van der Waals surface area contributed by atoms with E-state index >= 15 is 0 Å². The molecule has 30 heavy (non-hydrogen) atoms. The average Bonchev–Trinajstić information content (AvgIpc) is 3.03. The molecule has 0 fully saturated rings. The molecule has 2 aromatic carbocycles. The number of rotatable bonds is 2. The molecule has 1 aromatic heterocycles. The molecular formula is C24H22ClN3O2. The Morgan fingerprint density at radius 3 is 2.40 bits per heavy atom. The smallest absolute Gasteiger partial charge is 0.277 e. The molecule has 1 aliphatic heterocycles. The van der Waals surface area contributed by atoms with Crippen LogP contribution in [0.3, 0.4) is 0 Å². The first-order valence-electron chi connectivity index (χ1n) is 10.0. The lowest BCUT2D eigenvalue weighted by atomic mass is 9.69. The number of H-pyrrole nitrogens is 1. The van der Waals surface area contributed by atoms with Crippen molar-refractivity contribution in [2.24, 2.45) is 5.41 Å². The molecule has 0 spiro atoms. The van der Waals surface area contributed by atoms with Gasteiger partial charge in [-0.1, -0.05) is 55.8 Å². The van der Waals surface area contributed by atoms with Crippen molar-refractivity contribution in [2.75, 3.05) is 5.32 Å². The number of fused-ring (bicyclic) bond motifs is 1. The van der Waals surface area contributed by atoms with E-state index in [1.807, 2.05) is 42.5 Å². The Hall–Kier alpha value is -3.05. The highest BCUT2D eigenvalue weighted by molar-refractivity contribution is 6.30. The van der Waals surface area contributed by atoms with Crippen molar-refractivity contribution < 1.29 is 4.79 Å². The molecule has 5 nitrogen and oxygen atoms in total. The Kier molecular flexibility index (Phi) is 4.26. The molecule has 2 heterocycles. The van der Waals surface area contributed by atoms with Crippen LogP contribution in [0.1, 0.15) is 43.7 Å². The molecule has 1 atom stereocenters. The van der Waals surface area contributed by atoms with Crippen LogP contribution >= 0.6 is 11.6 Å². The number of carbonyl (C=O) groups excluding carboxylic acids is 1. The molecule has 0 bridgehead atoms. The first kappa shape index (κ1) is 18.9. The lowest BCUT2D eigenvalue weighted by Gasteiger charge is -2.37. The van der Waals surface area contributed by atoms with Gasteiger partial charge >= 0.3 is 0 Å². The molecule has 0 saturated carbocycles. The van der Waals surface area contributed by atoms with Crippen molar-refractivity contribution in [2.45, 2.75) is 32.6 Å². The maximum Gasteiger partial charge on any atom is 0.277 e. The van der Waals surface area contributed by atoms with E-state index in [0.29, 0.717) is 28.4 Å². The van der Waals surface area contributed by atoms with Crippen LogP contribution in [0.15, 0.2) is 70.7 Å². The number of allylic oxidation sites excluding steroid dienone is 2. The fourth-order valence-corrected chi connectivity index (χ4v) is 4.76. The summed E-state index contributed by atoms with van der Waals surface area (Å²) in [6.07, 6.45) is 1.21. The maximum absolute atomic E-state index is 13.5. The van der Waals surface area contributed by atoms with Crippen molar-refractivity contribution >= 4 is 23.2 Å². The standard InChI is InChI=1S/C24H22ClN3O2/c1-24(2)12-17-20(18(29)13-24)19(14-8-10-15(25)11-9-14)21-22(26-17)27-28(23(21)30)16-6-4-3-5-7-16/h3-11,19,26-27H,12-13H2,1-2H3/t19-/m0/s1. The lowest BCUT2D eigenvalue weighted by molar-refractivity contribution is -0.118. The van der Waals surface area contributed by atoms with Gasteiger partial charge in [0, 0.05) is 28.6 Å². The average molecular weight is 420 g/mol. The van der Waals surface area contributed by atoms with E-state index in [2.05, 4.69) is 24.3 Å². The van der Waals surface area contributed by atoms with Gasteiger partial charge in [-0.05, 0) is 41.7 Å². The second kappa shape index (κ2) is 6.74. The van der Waals surface area contributed by atoms with Crippen LogP contribution in [-0.2, 0) is 4.79 Å². The minimum absolute atomic E-state index is 0.0891. The third-order valence-corrected chi connectivity index (χ3v) is 6.17. The number of halogens is 1. The summed E-state index contributed by atoms with van der Waals surface area (Å²) in [4.78, 5) is 26.8. The molecule has 0 saturated heterocycles. The minimum Gasteiger partial charge on any atom is -0.343 e. The lowest BCUT2D eigenvalue weighted by Crippen LogP contribution is -2.35. The van der Waals surface area contributed by atoms with E-state index < -0.39 is 5.92 Å². The number of ketones is 1. The number of aromatic amines is 1. The van der Waals surface area contributed by atoms with Crippen LogP contribution in [0.4, 0.5) is 5.82 Å². The minimum atomic E-state index is -0.425. The van der Waals surface area contributed by atoms with Crippen LogP contribution in [0.2, 0.25) is 5.02 Å². The van der Waals surface area contributed by atoms with Crippen molar-refractivity contribution in [3.8, 4) is 5.69 Å². The molecular weight excluding hydrogens is 398 g/mol. The van der Waals surface area contributed by atoms with Gasteiger partial charge in [0.25, 0.3) is 5.56 Å². The zero-order valence-electron chi connectivity index (χ0n) is 16.8. The molecule has 1 aliphatic carbocycles. The zero-order valence-corrected chi connectivity index (χ0v) is 17.6. The second-order valence-corrected chi connectivity index (χ2v) is 9.26. The number of para-hydroxylation sites is 1. The van der Waals surface area contributed by atoms with Crippen molar-refractivity contribution in [1.29, 1.82) is 0 Å². The van der Waals surface area contributed by atoms with Gasteiger partial charge in [-0.2, -0.15) is 0 Å². The first-order chi connectivity index (χ1) is 14.3. The highest BCUT2D eigenvalue weighted by atomic mass is 35.5. The SMILES string of the molecule is CC1(C)CC(=O)C2=C(C1)Nc1[nH]n(-c3ccccc3)c(=O)c1[C@H]2c1ccc(Cl)cc1. The third kappa shape index (κ3) is 3.01. The van der Waals surface area contributed by atoms with Gasteiger partial charge in [0.05, 0.1) is 11.3 Å². The largest absolute Gasteiger partial charge is 0.343 e. The van der Waals surface area contributed by atoms with Crippen molar-refractivity contribution in [1.82, 2.24) is 9.78 Å². The number of carbonyl (C=O) groups is 1. The summed E-state index contributed by atoms with van der Waals surface area (Å²) in [5.74, 6) is 0.310. The summed E-state index contributed by atoms with van der Waals surface area (Å²) in [5.41, 5.74) is 3.50. The molecule has 5 rings (SSSR count). The Bertz CT molecular complexity index is 1230. The number of anilines is 1. The summed E-state index contributed by atoms with van der Waals surface area (Å²) in [5, 5.41) is 7.23. The Morgan fingerprint density at radius 1 is 1.00 bits per heavy atom. The molecule has 6 heteroatoms. The third-order valence-electron chi connectivity index (χ3n) is 5.92. The fraction of sp³-hybridized carbons (Fsp3) is 0.250. The number of aromatic nitrogens is 2. The normalized spacial score (nSPS) is 19.8. The number of hydrogen-bond acceptors (Lipinski definition) is 3. The van der Waals surface area contributed by atoms with Gasteiger partial charge in [-0.3, -0.25) is 14.7 Å². The van der Waals surface area contributed by atoms with Crippen LogP contribution in [0.5, 0.6) is 0 Å². The summed E-state index contributed by atoms with van der Waals surface area (Å²) in [6.45, 7) is 4.20. The van der Waals surface area contributed by atoms with E-state index in [-0.39, 0.29) is 16.8 Å². The van der Waals surface area contributed by atoms with Crippen molar-refractivity contribution in [3.63, 3.8) is 0 Å². The van der Waals surface area contributed by atoms with E-state index in [9.17, 15) is 9.59 Å². The van der Waals surface area contributed by atoms with Crippen LogP contribution < -0.4 is 10.9 Å². The Balaban J connectivity index is 1.74. The van der Waals surface area contributed by atoms with Crippen LogP contribution in [-0.4, -0.2) is 15.6 Å². The van der Waals surface area contributed by atoms with Gasteiger partial charge in [0.15, 0.2) is 5.78 Å².